The van der Waals surface area contributed by atoms with Crippen molar-refractivity contribution in [3.05, 3.63) is 67.3 Å². The molecule has 9 amide bonds. The molecule has 1 aromatic carbocycles. The third-order valence-corrected chi connectivity index (χ3v) is 17.5. The lowest BCUT2D eigenvalue weighted by Crippen LogP contribution is -2.54. The number of imide groups is 1. The van der Waals surface area contributed by atoms with Crippen LogP contribution < -0.4 is 38.1 Å². The van der Waals surface area contributed by atoms with Gasteiger partial charge in [-0.05, 0) is 36.5 Å². The second-order valence-corrected chi connectivity index (χ2v) is 26.7. The Kier molecular flexibility index (Phi) is 21.5. The van der Waals surface area contributed by atoms with Crippen molar-refractivity contribution >= 4 is 125 Å². The summed E-state index contributed by atoms with van der Waals surface area (Å²) in [7, 11) is 1.38. The van der Waals surface area contributed by atoms with Crippen molar-refractivity contribution in [2.45, 2.75) is 101 Å². The number of nitrogens with two attached hydrogens (primary N) is 2. The van der Waals surface area contributed by atoms with Gasteiger partial charge in [-0.25, -0.2) is 62.2 Å². The first-order chi connectivity index (χ1) is 43.3. The first-order valence-corrected chi connectivity index (χ1v) is 33.0. The fraction of sp³-hybridized carbons (Fsp3) is 0.480. The van der Waals surface area contributed by atoms with Gasteiger partial charge in [0, 0.05) is 44.4 Å². The summed E-state index contributed by atoms with van der Waals surface area (Å²) in [5.41, 5.74) is 11.9. The van der Waals surface area contributed by atoms with Gasteiger partial charge in [0.25, 0.3) is 11.8 Å². The number of anilines is 3. The number of hydrogen-bond donors (Lipinski definition) is 9. The number of imidazole rings is 2. The molecule has 3 saturated heterocycles. The lowest BCUT2D eigenvalue weighted by atomic mass is 10.0. The van der Waals surface area contributed by atoms with Crippen molar-refractivity contribution in [2.24, 2.45) is 11.7 Å². The van der Waals surface area contributed by atoms with Crippen LogP contribution >= 0.6 is 38.1 Å². The molecule has 0 unspecified atom stereocenters. The van der Waals surface area contributed by atoms with Crippen LogP contribution in [-0.2, 0) is 76.8 Å². The van der Waals surface area contributed by atoms with Crippen molar-refractivity contribution < 1.29 is 93.3 Å². The van der Waals surface area contributed by atoms with Gasteiger partial charge < -0.3 is 56.6 Å². The summed E-state index contributed by atoms with van der Waals surface area (Å²) in [6.07, 6.45) is -9.55. The van der Waals surface area contributed by atoms with E-state index in [-0.39, 0.29) is 86.1 Å². The van der Waals surface area contributed by atoms with E-state index in [2.05, 4.69) is 81.0 Å². The highest BCUT2D eigenvalue weighted by Gasteiger charge is 2.54. The molecule has 8 heterocycles. The van der Waals surface area contributed by atoms with E-state index >= 15 is 8.78 Å². The second-order valence-electron chi connectivity index (χ2n) is 20.9. The number of primary amides is 1. The molecule has 4 aliphatic rings. The van der Waals surface area contributed by atoms with Gasteiger partial charge in [-0.2, -0.15) is 0 Å². The number of carbonyl (C=O) groups excluding carboxylic acids is 8. The van der Waals surface area contributed by atoms with Gasteiger partial charge in [0.15, 0.2) is 53.2 Å². The zero-order valence-corrected chi connectivity index (χ0v) is 51.8. The molecule has 0 radical (unpaired) electrons. The van der Waals surface area contributed by atoms with Crippen LogP contribution in [0.1, 0.15) is 51.1 Å². The molecular weight excluding hydrogens is 1290 g/mol. The highest BCUT2D eigenvalue weighted by Crippen LogP contribution is 2.60. The van der Waals surface area contributed by atoms with Crippen LogP contribution in [0.4, 0.5) is 40.5 Å². The number of carbonyl (C=O) groups is 8. The molecule has 4 aromatic heterocycles. The number of benzene rings is 1. The number of fused-ring (bicyclic) bond motifs is 6. The zero-order valence-electron chi connectivity index (χ0n) is 48.2. The molecule has 3 fully saturated rings. The molecule has 9 N–H and O–H groups in total. The monoisotopic (exact) mass is 1350 g/mol. The Morgan fingerprint density at radius 1 is 0.791 bits per heavy atom. The van der Waals surface area contributed by atoms with E-state index in [4.69, 9.17) is 48.5 Å². The Hall–Kier alpha value is -8.00. The van der Waals surface area contributed by atoms with Crippen molar-refractivity contribution in [3.8, 4) is 0 Å². The van der Waals surface area contributed by atoms with E-state index < -0.39 is 142 Å². The molecule has 35 nitrogen and oxygen atoms in total. The Labute approximate surface area is 524 Å². The highest BCUT2D eigenvalue weighted by molar-refractivity contribution is 8.44. The Morgan fingerprint density at radius 3 is 1.97 bits per heavy atom. The van der Waals surface area contributed by atoms with Crippen molar-refractivity contribution in [3.63, 3.8) is 0 Å². The lowest BCUT2D eigenvalue weighted by molar-refractivity contribution is -0.137. The topological polar surface area (TPSA) is 450 Å². The molecule has 4 aliphatic heterocycles. The number of rotatable bonds is 21. The third kappa shape index (κ3) is 16.6. The zero-order chi connectivity index (χ0) is 65.5. The summed E-state index contributed by atoms with van der Waals surface area (Å²) < 4.78 is 108. The molecule has 41 heteroatoms. The number of nitrogens with one attached hydrogen (secondary N) is 5. The first kappa shape index (κ1) is 67.4. The normalized spacial score (nSPS) is 25.6. The average molecular weight is 1350 g/mol. The minimum absolute atomic E-state index is 0.00663. The third-order valence-electron chi connectivity index (χ3n) is 14.2. The fourth-order valence-corrected chi connectivity index (χ4v) is 12.5. The minimum Gasteiger partial charge on any atom is -0.447 e. The van der Waals surface area contributed by atoms with E-state index in [0.717, 1.165) is 45.5 Å². The standard InChI is InChI=1S/C50H61F2N17O18P2S2/c1-24(2)35(64-30(70)12-14-67-31(71)10-11-32(67)72)45(74)63-27(5-4-13-55-48(54)75)44(73)62-26-8-6-25(7-9-26)17-81-50(77)66(3)15-16-80-49(76)65-41-37-43(59-21-57-41)69(23-61-37)47-39-34(52)29(85-47)19-83-88(78,90)86-38-33(51)28(18-82-89(79,91)87-39)84-46(38)68-22-60-36-40(53)56-20-58-42(36)68/h6-11,20-24,27-29,33-35,38-39,46-47H,4-5,12-19H2,1-3H3,(H,62,73)(H,63,74)(H,64,70)(H,78,90)(H,79,91)(H2,53,56,58)(H3,54,55,75)(H,57,59,65,76)/t27-,28+,29+,33+,34+,35-,38+,39+,46+,47+,88+,89+/m0/s1. The van der Waals surface area contributed by atoms with E-state index in [1.807, 2.05) is 0 Å². The van der Waals surface area contributed by atoms with Gasteiger partial charge in [-0.1, -0.05) is 50.5 Å². The minimum atomic E-state index is -4.66. The van der Waals surface area contributed by atoms with Crippen LogP contribution in [-0.4, -0.2) is 192 Å². The van der Waals surface area contributed by atoms with Gasteiger partial charge >= 0.3 is 31.8 Å². The SMILES string of the molecule is CC(C)[C@H](NC(=O)CCN1C(=O)C=CC1=O)C(=O)N[C@@H](CCCNC(N)=O)C(=O)Nc1ccc(COC(=O)N(C)CCOC(=O)Nc2ncnc3c2ncn3[C@@H]2O[C@@H]3CO[P@@](=O)(S)O[C@@H]4[C@H](F)[C@@H](CO[P@@](=O)(S)O[C@@H]2[C@@H]3F)O[C@H]4n2cnc3c(N)ncnc32)cc1. The Bertz CT molecular complexity index is 3690. The number of thiol groups is 2. The van der Waals surface area contributed by atoms with Gasteiger partial charge in [-0.3, -0.25) is 61.4 Å². The van der Waals surface area contributed by atoms with Crippen LogP contribution in [0.5, 0.6) is 0 Å². The summed E-state index contributed by atoms with van der Waals surface area (Å²) >= 11 is 8.10. The Morgan fingerprint density at radius 2 is 1.37 bits per heavy atom. The maximum Gasteiger partial charge on any atom is 0.412 e. The number of aromatic nitrogens is 8. The number of halogens is 2. The number of nitrogen functional groups attached to an aromatic ring is 1. The predicted octanol–water partition coefficient (Wildman–Crippen LogP) is 2.76. The molecule has 12 atom stereocenters. The van der Waals surface area contributed by atoms with Gasteiger partial charge in [0.2, 0.25) is 17.7 Å². The number of hydrogen-bond acceptors (Lipinski definition) is 25. The summed E-state index contributed by atoms with van der Waals surface area (Å²) in [6.45, 7) is -8.47. The number of nitrogens with zero attached hydrogens (tertiary/aromatic N) is 10. The van der Waals surface area contributed by atoms with Gasteiger partial charge in [-0.15, -0.1) is 0 Å². The molecule has 0 saturated carbocycles. The van der Waals surface area contributed by atoms with Crippen LogP contribution in [0.15, 0.2) is 61.7 Å². The lowest BCUT2D eigenvalue weighted by Gasteiger charge is -2.25. The average Bonchev–Trinajstić information content (AvgIpc) is 1.69. The maximum atomic E-state index is 16.5. The van der Waals surface area contributed by atoms with Crippen molar-refractivity contribution in [1.29, 1.82) is 0 Å². The van der Waals surface area contributed by atoms with E-state index in [1.54, 1.807) is 26.0 Å². The van der Waals surface area contributed by atoms with Crippen LogP contribution in [0.3, 0.4) is 0 Å². The Balaban J connectivity index is 0.752. The number of alkyl halides is 2. The molecule has 5 aromatic rings. The molecule has 0 spiro atoms. The largest absolute Gasteiger partial charge is 0.447 e. The van der Waals surface area contributed by atoms with Crippen molar-refractivity contribution in [2.75, 3.05) is 62.9 Å². The van der Waals surface area contributed by atoms with Gasteiger partial charge in [0.05, 0.1) is 32.4 Å². The number of ether oxygens (including phenoxy) is 4. The molecule has 4 bridgehead atoms. The summed E-state index contributed by atoms with van der Waals surface area (Å²) in [5, 5.41) is 12.8. The van der Waals surface area contributed by atoms with Crippen molar-refractivity contribution in [1.82, 2.24) is 64.8 Å². The maximum absolute atomic E-state index is 16.5. The molecular formula is C50H61F2N17O18P2S2. The summed E-state index contributed by atoms with van der Waals surface area (Å²) in [4.78, 5) is 128. The molecule has 0 aliphatic carbocycles. The van der Waals surface area contributed by atoms with E-state index in [1.165, 1.54) is 30.1 Å². The number of urea groups is 1. The quantitative estimate of drug-likeness (QED) is 0.0221. The van der Waals surface area contributed by atoms with Gasteiger partial charge in [0.1, 0.15) is 67.9 Å². The van der Waals surface area contributed by atoms with E-state index in [9.17, 15) is 47.5 Å². The smallest absolute Gasteiger partial charge is 0.412 e. The molecule has 490 valence electrons. The summed E-state index contributed by atoms with van der Waals surface area (Å²) in [5.74, 6) is -3.75. The highest BCUT2D eigenvalue weighted by atomic mass is 32.7. The summed E-state index contributed by atoms with van der Waals surface area (Å²) in [6, 6.07) is 3.08. The van der Waals surface area contributed by atoms with Crippen LogP contribution in [0.2, 0.25) is 0 Å². The van der Waals surface area contributed by atoms with Crippen LogP contribution in [0.25, 0.3) is 22.3 Å². The second kappa shape index (κ2) is 29.1. The number of amides is 9. The number of likely N-dealkylation sites (N-methyl/N-ethyl adjacent to an activating group) is 1. The molecule has 91 heavy (non-hydrogen) atoms. The fourth-order valence-electron chi connectivity index (χ4n) is 9.58. The predicted molar refractivity (Wildman–Crippen MR) is 316 cm³/mol. The van der Waals surface area contributed by atoms with E-state index in [0.29, 0.717) is 11.3 Å². The van der Waals surface area contributed by atoms with Crippen LogP contribution in [0, 0.1) is 5.92 Å². The first-order valence-electron chi connectivity index (χ1n) is 27.7. The molecule has 9 rings (SSSR count).